The summed E-state index contributed by atoms with van der Waals surface area (Å²) in [5, 5.41) is 20.1. The number of thiazole rings is 1. The maximum Gasteiger partial charge on any atom is 0.269 e. The monoisotopic (exact) mass is 371 g/mol. The minimum atomic E-state index is -0.467. The van der Waals surface area contributed by atoms with Crippen LogP contribution in [0, 0.1) is 10.1 Å². The summed E-state index contributed by atoms with van der Waals surface area (Å²) >= 11 is 1.37. The van der Waals surface area contributed by atoms with E-state index in [4.69, 9.17) is 0 Å². The van der Waals surface area contributed by atoms with E-state index >= 15 is 0 Å². The number of nitro benzene ring substituents is 1. The fourth-order valence-corrected chi connectivity index (χ4v) is 3.09. The highest BCUT2D eigenvalue weighted by Crippen LogP contribution is 2.26. The Balaban J connectivity index is 1.73. The van der Waals surface area contributed by atoms with Crippen LogP contribution >= 0.6 is 11.3 Å². The van der Waals surface area contributed by atoms with Crippen LogP contribution in [0.4, 0.5) is 10.8 Å². The van der Waals surface area contributed by atoms with Crippen LogP contribution in [0.15, 0.2) is 42.0 Å². The van der Waals surface area contributed by atoms with Crippen LogP contribution in [-0.2, 0) is 5.41 Å². The Bertz CT molecular complexity index is 953. The van der Waals surface area contributed by atoms with Crippen LogP contribution in [0.5, 0.6) is 0 Å². The largest absolute Gasteiger partial charge is 0.298 e. The van der Waals surface area contributed by atoms with Crippen molar-refractivity contribution in [2.24, 2.45) is 0 Å². The van der Waals surface area contributed by atoms with Gasteiger partial charge in [0.05, 0.1) is 28.1 Å². The number of nitrogens with zero attached hydrogens (tertiary/aromatic N) is 4. The van der Waals surface area contributed by atoms with Crippen molar-refractivity contribution in [2.75, 3.05) is 5.32 Å². The molecule has 0 spiro atoms. The van der Waals surface area contributed by atoms with E-state index in [1.807, 2.05) is 5.38 Å². The Morgan fingerprint density at radius 2 is 1.96 bits per heavy atom. The Hall–Kier alpha value is -3.07. The van der Waals surface area contributed by atoms with Gasteiger partial charge < -0.3 is 0 Å². The van der Waals surface area contributed by atoms with Crippen molar-refractivity contribution in [3.63, 3.8) is 0 Å². The number of carbonyl (C=O) groups excluding carboxylic acids is 1. The number of rotatable bonds is 4. The smallest absolute Gasteiger partial charge is 0.269 e. The number of anilines is 1. The molecule has 1 amide bonds. The van der Waals surface area contributed by atoms with E-state index in [1.54, 1.807) is 18.3 Å². The second-order valence-corrected chi connectivity index (χ2v) is 7.55. The van der Waals surface area contributed by atoms with Gasteiger partial charge in [-0.2, -0.15) is 5.10 Å². The highest BCUT2D eigenvalue weighted by atomic mass is 32.1. The van der Waals surface area contributed by atoms with E-state index in [2.05, 4.69) is 36.2 Å². The second-order valence-electron chi connectivity index (χ2n) is 6.69. The zero-order valence-electron chi connectivity index (χ0n) is 14.5. The fraction of sp³-hybridized carbons (Fsp3) is 0.235. The van der Waals surface area contributed by atoms with Crippen molar-refractivity contribution in [2.45, 2.75) is 26.2 Å². The zero-order valence-corrected chi connectivity index (χ0v) is 15.3. The van der Waals surface area contributed by atoms with Gasteiger partial charge in [-0.1, -0.05) is 20.8 Å². The molecule has 0 aliphatic heterocycles. The molecule has 3 aromatic rings. The number of amides is 1. The molecule has 2 heterocycles. The third-order valence-electron chi connectivity index (χ3n) is 3.66. The quantitative estimate of drug-likeness (QED) is 0.555. The minimum Gasteiger partial charge on any atom is -0.298 e. The number of non-ortho nitro benzene ring substituents is 1. The van der Waals surface area contributed by atoms with Crippen molar-refractivity contribution in [1.29, 1.82) is 0 Å². The topological polar surface area (TPSA) is 103 Å². The first-order valence-electron chi connectivity index (χ1n) is 7.81. The molecule has 9 heteroatoms. The number of benzene rings is 1. The van der Waals surface area contributed by atoms with E-state index < -0.39 is 4.92 Å². The zero-order chi connectivity index (χ0) is 18.9. The molecule has 134 valence electrons. The Morgan fingerprint density at radius 1 is 1.27 bits per heavy atom. The lowest BCUT2D eigenvalue weighted by Crippen LogP contribution is -2.14. The van der Waals surface area contributed by atoms with Gasteiger partial charge >= 0.3 is 0 Å². The van der Waals surface area contributed by atoms with Gasteiger partial charge in [-0.3, -0.25) is 20.2 Å². The van der Waals surface area contributed by atoms with Crippen molar-refractivity contribution >= 4 is 28.1 Å². The molecule has 0 atom stereocenters. The Morgan fingerprint density at radius 3 is 2.54 bits per heavy atom. The summed E-state index contributed by atoms with van der Waals surface area (Å²) in [6, 6.07) is 5.92. The van der Waals surface area contributed by atoms with Gasteiger partial charge in [0.25, 0.3) is 11.6 Å². The second kappa shape index (κ2) is 6.68. The highest BCUT2D eigenvalue weighted by Gasteiger charge is 2.19. The Labute approximate surface area is 153 Å². The number of aromatic nitrogens is 3. The molecular formula is C17H17N5O3S. The molecule has 0 bridgehead atoms. The highest BCUT2D eigenvalue weighted by molar-refractivity contribution is 7.14. The molecule has 0 unspecified atom stereocenters. The molecule has 0 radical (unpaired) electrons. The van der Waals surface area contributed by atoms with E-state index in [9.17, 15) is 14.9 Å². The number of hydrogen-bond donors (Lipinski definition) is 1. The molecule has 0 aliphatic carbocycles. The molecule has 1 aromatic carbocycles. The average molecular weight is 371 g/mol. The molecule has 1 N–H and O–H groups in total. The number of carbonyl (C=O) groups is 1. The van der Waals surface area contributed by atoms with Gasteiger partial charge in [0.15, 0.2) is 5.13 Å². The molecular weight excluding hydrogens is 354 g/mol. The van der Waals surface area contributed by atoms with Gasteiger partial charge in [0, 0.05) is 29.1 Å². The minimum absolute atomic E-state index is 0.00250. The molecule has 26 heavy (non-hydrogen) atoms. The van der Waals surface area contributed by atoms with Crippen LogP contribution in [0.2, 0.25) is 0 Å². The lowest BCUT2D eigenvalue weighted by Gasteiger charge is -2.14. The SMILES string of the molecule is CC(C)(C)c1csc(NC(=O)c2cnn(-c3ccc([N+](=O)[O-])cc3)c2)n1. The van der Waals surface area contributed by atoms with Crippen LogP contribution < -0.4 is 5.32 Å². The summed E-state index contributed by atoms with van der Waals surface area (Å²) < 4.78 is 1.49. The lowest BCUT2D eigenvalue weighted by molar-refractivity contribution is -0.384. The Kier molecular flexibility index (Phi) is 4.56. The van der Waals surface area contributed by atoms with Crippen LogP contribution in [0.25, 0.3) is 5.69 Å². The van der Waals surface area contributed by atoms with Crippen LogP contribution in [0.1, 0.15) is 36.8 Å². The summed E-state index contributed by atoms with van der Waals surface area (Å²) in [6.45, 7) is 6.17. The van der Waals surface area contributed by atoms with Gasteiger partial charge in [-0.15, -0.1) is 11.3 Å². The first-order chi connectivity index (χ1) is 12.2. The summed E-state index contributed by atoms with van der Waals surface area (Å²) in [5.41, 5.74) is 1.83. The standard InChI is InChI=1S/C17H17N5O3S/c1-17(2,3)14-10-26-16(19-14)20-15(23)11-8-18-21(9-11)12-4-6-13(7-5-12)22(24)25/h4-10H,1-3H3,(H,19,20,23). The van der Waals surface area contributed by atoms with Crippen molar-refractivity contribution in [1.82, 2.24) is 14.8 Å². The summed E-state index contributed by atoms with van der Waals surface area (Å²) in [7, 11) is 0. The van der Waals surface area contributed by atoms with Crippen molar-refractivity contribution in [3.05, 3.63) is 63.4 Å². The van der Waals surface area contributed by atoms with Crippen LogP contribution in [-0.4, -0.2) is 25.6 Å². The number of nitrogens with one attached hydrogen (secondary N) is 1. The first kappa shape index (κ1) is 17.7. The van der Waals surface area contributed by atoms with Gasteiger partial charge in [0.2, 0.25) is 0 Å². The van der Waals surface area contributed by atoms with Crippen molar-refractivity contribution in [3.8, 4) is 5.69 Å². The predicted molar refractivity (Wildman–Crippen MR) is 99.0 cm³/mol. The van der Waals surface area contributed by atoms with Crippen molar-refractivity contribution < 1.29 is 9.72 Å². The normalized spacial score (nSPS) is 11.3. The number of hydrogen-bond acceptors (Lipinski definition) is 6. The van der Waals surface area contributed by atoms with E-state index in [-0.39, 0.29) is 17.0 Å². The molecule has 0 fully saturated rings. The lowest BCUT2D eigenvalue weighted by atomic mass is 9.93. The fourth-order valence-electron chi connectivity index (χ4n) is 2.15. The maximum atomic E-state index is 12.4. The van der Waals surface area contributed by atoms with E-state index in [0.717, 1.165) is 5.69 Å². The molecule has 0 saturated carbocycles. The molecule has 8 nitrogen and oxygen atoms in total. The molecule has 0 aliphatic rings. The van der Waals surface area contributed by atoms with E-state index in [0.29, 0.717) is 16.4 Å². The third kappa shape index (κ3) is 3.77. The van der Waals surface area contributed by atoms with Gasteiger partial charge in [-0.25, -0.2) is 9.67 Å². The molecule has 0 saturated heterocycles. The van der Waals surface area contributed by atoms with Gasteiger partial charge in [-0.05, 0) is 12.1 Å². The summed E-state index contributed by atoms with van der Waals surface area (Å²) in [4.78, 5) is 27.0. The predicted octanol–water partition coefficient (Wildman–Crippen LogP) is 3.79. The van der Waals surface area contributed by atoms with Crippen LogP contribution in [0.3, 0.4) is 0 Å². The van der Waals surface area contributed by atoms with E-state index in [1.165, 1.54) is 34.3 Å². The third-order valence-corrected chi connectivity index (χ3v) is 4.42. The number of nitro groups is 1. The first-order valence-corrected chi connectivity index (χ1v) is 8.69. The molecule has 2 aromatic heterocycles. The summed E-state index contributed by atoms with van der Waals surface area (Å²) in [5.74, 6) is -0.312. The maximum absolute atomic E-state index is 12.4. The van der Waals surface area contributed by atoms with Gasteiger partial charge in [0.1, 0.15) is 0 Å². The molecule has 3 rings (SSSR count). The average Bonchev–Trinajstić information content (AvgIpc) is 3.24. The summed E-state index contributed by atoms with van der Waals surface area (Å²) in [6.07, 6.45) is 3.00.